The third kappa shape index (κ3) is 6.69. The van der Waals surface area contributed by atoms with Crippen molar-refractivity contribution < 1.29 is 18.0 Å². The minimum Gasteiger partial charge on any atom is -0.341 e. The van der Waals surface area contributed by atoms with Gasteiger partial charge in [0, 0.05) is 10.6 Å². The number of hydrogen-bond donors (Lipinski definition) is 3. The first-order chi connectivity index (χ1) is 17.0. The van der Waals surface area contributed by atoms with Crippen LogP contribution in [0.4, 0.5) is 0 Å². The number of nitrogens with zero attached hydrogens (tertiary/aromatic N) is 3. The summed E-state index contributed by atoms with van der Waals surface area (Å²) in [6.45, 7) is 3.65. The highest BCUT2D eigenvalue weighted by Gasteiger charge is 2.25. The summed E-state index contributed by atoms with van der Waals surface area (Å²) in [6, 6.07) is 15.2. The van der Waals surface area contributed by atoms with Gasteiger partial charge in [0.15, 0.2) is 5.69 Å². The maximum absolute atomic E-state index is 13.1. The SMILES string of the molecule is CC(C)C[C@H](NC(=O)c1cc(-c2ccc(Cl)cc2)n(-c2ccc(S(N)(=O)=O)cc2)n1)C(=O)NCC#N. The van der Waals surface area contributed by atoms with E-state index < -0.39 is 27.9 Å². The molecule has 188 valence electrons. The van der Waals surface area contributed by atoms with E-state index in [0.29, 0.717) is 28.4 Å². The molecular weight excluding hydrogens is 504 g/mol. The number of hydrogen-bond acceptors (Lipinski definition) is 6. The molecule has 1 atom stereocenters. The molecule has 0 aliphatic heterocycles. The van der Waals surface area contributed by atoms with Crippen LogP contribution in [0.5, 0.6) is 0 Å². The average molecular weight is 529 g/mol. The van der Waals surface area contributed by atoms with E-state index in [1.807, 2.05) is 19.9 Å². The molecule has 1 aromatic heterocycles. The van der Waals surface area contributed by atoms with Crippen molar-refractivity contribution in [2.24, 2.45) is 11.1 Å². The monoisotopic (exact) mass is 528 g/mol. The van der Waals surface area contributed by atoms with E-state index in [1.54, 1.807) is 30.3 Å². The molecule has 0 bridgehead atoms. The largest absolute Gasteiger partial charge is 0.341 e. The standard InChI is InChI=1S/C24H25ClN6O4S/c1-15(2)13-20(23(32)28-12-11-26)29-24(33)21-14-22(16-3-5-17(25)6-4-16)31(30-21)18-7-9-19(10-8-18)36(27,34)35/h3-10,14-15,20H,12-13H2,1-2H3,(H,28,32)(H,29,33)(H2,27,34,35)/t20-/m0/s1. The van der Waals surface area contributed by atoms with Crippen LogP contribution < -0.4 is 15.8 Å². The number of nitriles is 1. The summed E-state index contributed by atoms with van der Waals surface area (Å²) in [5, 5.41) is 24.1. The number of halogens is 1. The topological polar surface area (TPSA) is 160 Å². The smallest absolute Gasteiger partial charge is 0.272 e. The number of sulfonamides is 1. The summed E-state index contributed by atoms with van der Waals surface area (Å²) in [5.41, 5.74) is 1.76. The quantitative estimate of drug-likeness (QED) is 0.362. The third-order valence-corrected chi connectivity index (χ3v) is 6.34. The van der Waals surface area contributed by atoms with Crippen molar-refractivity contribution in [2.75, 3.05) is 6.54 Å². The number of carbonyl (C=O) groups excluding carboxylic acids is 2. The molecular formula is C24H25ClN6O4S. The van der Waals surface area contributed by atoms with Crippen molar-refractivity contribution in [1.82, 2.24) is 20.4 Å². The second-order valence-electron chi connectivity index (χ2n) is 8.40. The van der Waals surface area contributed by atoms with Crippen molar-refractivity contribution >= 4 is 33.4 Å². The summed E-state index contributed by atoms with van der Waals surface area (Å²) in [6.07, 6.45) is 0.364. The number of primary sulfonamides is 1. The maximum Gasteiger partial charge on any atom is 0.272 e. The van der Waals surface area contributed by atoms with Gasteiger partial charge in [-0.15, -0.1) is 0 Å². The number of aromatic nitrogens is 2. The summed E-state index contributed by atoms with van der Waals surface area (Å²) >= 11 is 6.02. The molecule has 2 amide bonds. The summed E-state index contributed by atoms with van der Waals surface area (Å²) in [5.74, 6) is -0.944. The molecule has 12 heteroatoms. The van der Waals surface area contributed by atoms with Gasteiger partial charge in [-0.05, 0) is 54.8 Å². The van der Waals surface area contributed by atoms with Gasteiger partial charge in [-0.3, -0.25) is 9.59 Å². The predicted octanol–water partition coefficient (Wildman–Crippen LogP) is 2.62. The summed E-state index contributed by atoms with van der Waals surface area (Å²) in [7, 11) is -3.88. The zero-order valence-electron chi connectivity index (χ0n) is 19.6. The highest BCUT2D eigenvalue weighted by molar-refractivity contribution is 7.89. The normalized spacial score (nSPS) is 12.1. The van der Waals surface area contributed by atoms with Crippen molar-refractivity contribution in [2.45, 2.75) is 31.2 Å². The van der Waals surface area contributed by atoms with Gasteiger partial charge < -0.3 is 10.6 Å². The van der Waals surface area contributed by atoms with Gasteiger partial charge in [-0.25, -0.2) is 18.2 Å². The van der Waals surface area contributed by atoms with Crippen molar-refractivity contribution in [3.63, 3.8) is 0 Å². The molecule has 4 N–H and O–H groups in total. The Morgan fingerprint density at radius 3 is 2.33 bits per heavy atom. The van der Waals surface area contributed by atoms with Crippen LogP contribution in [-0.2, 0) is 14.8 Å². The lowest BCUT2D eigenvalue weighted by Crippen LogP contribution is -2.47. The van der Waals surface area contributed by atoms with Gasteiger partial charge in [0.1, 0.15) is 12.6 Å². The van der Waals surface area contributed by atoms with Gasteiger partial charge in [0.05, 0.1) is 22.3 Å². The molecule has 1 heterocycles. The van der Waals surface area contributed by atoms with Crippen LogP contribution in [0.1, 0.15) is 30.8 Å². The van der Waals surface area contributed by atoms with E-state index >= 15 is 0 Å². The Morgan fingerprint density at radius 1 is 1.14 bits per heavy atom. The Bertz CT molecular complexity index is 1390. The summed E-state index contributed by atoms with van der Waals surface area (Å²) in [4.78, 5) is 25.6. The second kappa shape index (κ2) is 11.3. The van der Waals surface area contributed by atoms with Gasteiger partial charge in [0.25, 0.3) is 5.91 Å². The van der Waals surface area contributed by atoms with E-state index in [0.717, 1.165) is 0 Å². The van der Waals surface area contributed by atoms with Gasteiger partial charge in [0.2, 0.25) is 15.9 Å². The number of carbonyl (C=O) groups is 2. The Balaban J connectivity index is 2.00. The van der Waals surface area contributed by atoms with Crippen LogP contribution in [0.25, 0.3) is 16.9 Å². The van der Waals surface area contributed by atoms with E-state index in [9.17, 15) is 18.0 Å². The zero-order valence-corrected chi connectivity index (χ0v) is 21.2. The molecule has 2 aromatic carbocycles. The van der Waals surface area contributed by atoms with E-state index in [2.05, 4.69) is 15.7 Å². The molecule has 0 fully saturated rings. The van der Waals surface area contributed by atoms with Crippen LogP contribution in [0, 0.1) is 17.2 Å². The van der Waals surface area contributed by atoms with Gasteiger partial charge >= 0.3 is 0 Å². The molecule has 0 saturated carbocycles. The van der Waals surface area contributed by atoms with E-state index in [-0.39, 0.29) is 23.1 Å². The number of nitrogens with one attached hydrogen (secondary N) is 2. The summed E-state index contributed by atoms with van der Waals surface area (Å²) < 4.78 is 24.8. The number of benzene rings is 2. The van der Waals surface area contributed by atoms with Crippen LogP contribution >= 0.6 is 11.6 Å². The molecule has 0 aliphatic carbocycles. The van der Waals surface area contributed by atoms with Crippen molar-refractivity contribution in [3.8, 4) is 23.0 Å². The Labute approximate surface area is 214 Å². The number of amides is 2. The predicted molar refractivity (Wildman–Crippen MR) is 135 cm³/mol. The molecule has 3 rings (SSSR count). The first-order valence-electron chi connectivity index (χ1n) is 10.9. The minimum atomic E-state index is -3.88. The van der Waals surface area contributed by atoms with E-state index in [4.69, 9.17) is 22.0 Å². The molecule has 36 heavy (non-hydrogen) atoms. The second-order valence-corrected chi connectivity index (χ2v) is 10.4. The fraction of sp³-hybridized carbons (Fsp3) is 0.250. The Kier molecular flexibility index (Phi) is 8.47. The van der Waals surface area contributed by atoms with Crippen LogP contribution in [0.3, 0.4) is 0 Å². The lowest BCUT2D eigenvalue weighted by molar-refractivity contribution is -0.123. The van der Waals surface area contributed by atoms with E-state index in [1.165, 1.54) is 28.9 Å². The first-order valence-corrected chi connectivity index (χ1v) is 12.9. The molecule has 0 aliphatic rings. The van der Waals surface area contributed by atoms with Crippen molar-refractivity contribution in [1.29, 1.82) is 5.26 Å². The lowest BCUT2D eigenvalue weighted by Gasteiger charge is -2.19. The lowest BCUT2D eigenvalue weighted by atomic mass is 10.0. The Hall–Kier alpha value is -3.72. The first kappa shape index (κ1) is 26.9. The third-order valence-electron chi connectivity index (χ3n) is 5.16. The van der Waals surface area contributed by atoms with Crippen LogP contribution in [0.15, 0.2) is 59.5 Å². The van der Waals surface area contributed by atoms with Crippen LogP contribution in [-0.4, -0.2) is 42.6 Å². The van der Waals surface area contributed by atoms with Gasteiger partial charge in [-0.1, -0.05) is 37.6 Å². The molecule has 0 saturated heterocycles. The highest BCUT2D eigenvalue weighted by Crippen LogP contribution is 2.26. The van der Waals surface area contributed by atoms with Crippen LogP contribution in [0.2, 0.25) is 5.02 Å². The fourth-order valence-electron chi connectivity index (χ4n) is 3.48. The number of rotatable bonds is 9. The molecule has 0 spiro atoms. The maximum atomic E-state index is 13.1. The average Bonchev–Trinajstić information content (AvgIpc) is 3.27. The zero-order chi connectivity index (χ0) is 26.5. The fourth-order valence-corrected chi connectivity index (χ4v) is 4.12. The van der Waals surface area contributed by atoms with Crippen molar-refractivity contribution in [3.05, 3.63) is 65.3 Å². The highest BCUT2D eigenvalue weighted by atomic mass is 35.5. The number of nitrogens with two attached hydrogens (primary N) is 1. The van der Waals surface area contributed by atoms with Gasteiger partial charge in [-0.2, -0.15) is 10.4 Å². The minimum absolute atomic E-state index is 0.0392. The molecule has 0 unspecified atom stereocenters. The molecule has 3 aromatic rings. The molecule has 10 nitrogen and oxygen atoms in total. The Morgan fingerprint density at radius 2 is 1.78 bits per heavy atom. The molecule has 0 radical (unpaired) electrons.